The minimum atomic E-state index is -3.46. The maximum Gasteiger partial charge on any atom is 0.243 e. The van der Waals surface area contributed by atoms with Gasteiger partial charge in [0.1, 0.15) is 5.75 Å². The maximum absolute atomic E-state index is 13.0. The number of fused-ring (bicyclic) bond motifs is 1. The maximum atomic E-state index is 13.0. The molecule has 1 aliphatic heterocycles. The van der Waals surface area contributed by atoms with Crippen molar-refractivity contribution in [2.45, 2.75) is 30.6 Å². The largest absolute Gasteiger partial charge is 0.496 e. The summed E-state index contributed by atoms with van der Waals surface area (Å²) in [6.45, 7) is 1.23. The molecule has 0 aromatic heterocycles. The van der Waals surface area contributed by atoms with Crippen molar-refractivity contribution in [3.8, 4) is 5.75 Å². The summed E-state index contributed by atoms with van der Waals surface area (Å²) < 4.78 is 33.1. The average molecular weight is 319 g/mol. The molecular weight excluding hydrogens is 298 g/mol. The molecule has 0 radical (unpaired) electrons. The van der Waals surface area contributed by atoms with Gasteiger partial charge in [0.2, 0.25) is 10.0 Å². The molecule has 0 unspecified atom stereocenters. The summed E-state index contributed by atoms with van der Waals surface area (Å²) in [5, 5.41) is 1.56. The van der Waals surface area contributed by atoms with Crippen LogP contribution in [0.1, 0.15) is 25.7 Å². The van der Waals surface area contributed by atoms with Gasteiger partial charge in [-0.1, -0.05) is 37.1 Å². The number of hydrogen-bond acceptors (Lipinski definition) is 3. The monoisotopic (exact) mass is 319 g/mol. The number of hydrogen-bond donors (Lipinski definition) is 0. The van der Waals surface area contributed by atoms with Gasteiger partial charge in [0.05, 0.1) is 12.0 Å². The second kappa shape index (κ2) is 6.26. The van der Waals surface area contributed by atoms with Crippen molar-refractivity contribution in [1.29, 1.82) is 0 Å². The molecule has 0 N–H and O–H groups in total. The van der Waals surface area contributed by atoms with Crippen LogP contribution in [0.2, 0.25) is 0 Å². The molecule has 22 heavy (non-hydrogen) atoms. The van der Waals surface area contributed by atoms with Gasteiger partial charge in [-0.2, -0.15) is 4.31 Å². The molecule has 0 spiro atoms. The molecule has 1 fully saturated rings. The second-order valence-electron chi connectivity index (χ2n) is 5.63. The Balaban J connectivity index is 2.13. The number of nitrogens with zero attached hydrogens (tertiary/aromatic N) is 1. The minimum absolute atomic E-state index is 0.380. The third-order valence-corrected chi connectivity index (χ3v) is 6.20. The highest BCUT2D eigenvalue weighted by molar-refractivity contribution is 7.89. The Morgan fingerprint density at radius 2 is 1.55 bits per heavy atom. The first-order chi connectivity index (χ1) is 10.6. The number of benzene rings is 2. The van der Waals surface area contributed by atoms with Crippen LogP contribution in [0.4, 0.5) is 0 Å². The Morgan fingerprint density at radius 3 is 2.18 bits per heavy atom. The van der Waals surface area contributed by atoms with Crippen LogP contribution in [0.5, 0.6) is 5.75 Å². The first kappa shape index (κ1) is 15.3. The van der Waals surface area contributed by atoms with Gasteiger partial charge in [-0.15, -0.1) is 0 Å². The van der Waals surface area contributed by atoms with Crippen LogP contribution in [-0.2, 0) is 10.0 Å². The zero-order valence-electron chi connectivity index (χ0n) is 12.8. The van der Waals surface area contributed by atoms with Gasteiger partial charge in [0.25, 0.3) is 0 Å². The summed E-state index contributed by atoms with van der Waals surface area (Å²) in [6.07, 6.45) is 4.09. The molecule has 1 saturated heterocycles. The topological polar surface area (TPSA) is 46.6 Å². The zero-order chi connectivity index (χ0) is 15.6. The van der Waals surface area contributed by atoms with Crippen molar-refractivity contribution in [3.63, 3.8) is 0 Å². The smallest absolute Gasteiger partial charge is 0.243 e. The summed E-state index contributed by atoms with van der Waals surface area (Å²) in [6, 6.07) is 10.9. The quantitative estimate of drug-likeness (QED) is 0.871. The molecule has 0 amide bonds. The summed E-state index contributed by atoms with van der Waals surface area (Å²) in [4.78, 5) is 0.380. The molecular formula is C17H21NO3S. The van der Waals surface area contributed by atoms with Crippen LogP contribution < -0.4 is 4.74 Å². The van der Waals surface area contributed by atoms with Crippen molar-refractivity contribution in [1.82, 2.24) is 4.31 Å². The highest BCUT2D eigenvalue weighted by Crippen LogP contribution is 2.32. The van der Waals surface area contributed by atoms with Gasteiger partial charge in [-0.25, -0.2) is 8.42 Å². The number of rotatable bonds is 3. The van der Waals surface area contributed by atoms with Gasteiger partial charge < -0.3 is 4.74 Å². The SMILES string of the molecule is COc1ccc(S(=O)(=O)N2CCCCCC2)c2ccccc12. The first-order valence-corrected chi connectivity index (χ1v) is 9.14. The van der Waals surface area contributed by atoms with Gasteiger partial charge in [0, 0.05) is 23.9 Å². The lowest BCUT2D eigenvalue weighted by Crippen LogP contribution is -2.32. The van der Waals surface area contributed by atoms with E-state index in [9.17, 15) is 8.42 Å². The molecule has 2 aromatic rings. The van der Waals surface area contributed by atoms with E-state index in [1.165, 1.54) is 0 Å². The lowest BCUT2D eigenvalue weighted by molar-refractivity contribution is 0.418. The fourth-order valence-electron chi connectivity index (χ4n) is 3.07. The van der Waals surface area contributed by atoms with Crippen LogP contribution in [0.3, 0.4) is 0 Å². The predicted molar refractivity (Wildman–Crippen MR) is 87.7 cm³/mol. The normalized spacial score (nSPS) is 17.3. The highest BCUT2D eigenvalue weighted by Gasteiger charge is 2.27. The van der Waals surface area contributed by atoms with E-state index in [2.05, 4.69) is 0 Å². The molecule has 0 saturated carbocycles. The Hall–Kier alpha value is -1.59. The number of ether oxygens (including phenoxy) is 1. The highest BCUT2D eigenvalue weighted by atomic mass is 32.2. The Bertz CT molecular complexity index is 763. The lowest BCUT2D eigenvalue weighted by atomic mass is 10.1. The molecule has 0 atom stereocenters. The standard InChI is InChI=1S/C17H21NO3S/c1-21-16-10-11-17(15-9-5-4-8-14(15)16)22(19,20)18-12-6-2-3-7-13-18/h4-5,8-11H,2-3,6-7,12-13H2,1H3. The summed E-state index contributed by atoms with van der Waals surface area (Å²) >= 11 is 0. The summed E-state index contributed by atoms with van der Waals surface area (Å²) in [7, 11) is -1.86. The first-order valence-electron chi connectivity index (χ1n) is 7.70. The van der Waals surface area contributed by atoms with Crippen molar-refractivity contribution in [3.05, 3.63) is 36.4 Å². The fourth-order valence-corrected chi connectivity index (χ4v) is 4.78. The number of sulfonamides is 1. The van der Waals surface area contributed by atoms with Gasteiger partial charge in [-0.05, 0) is 25.0 Å². The van der Waals surface area contributed by atoms with Gasteiger partial charge >= 0.3 is 0 Å². The van der Waals surface area contributed by atoms with E-state index < -0.39 is 10.0 Å². The molecule has 2 aromatic carbocycles. The third-order valence-electron chi connectivity index (χ3n) is 4.25. The van der Waals surface area contributed by atoms with Crippen molar-refractivity contribution < 1.29 is 13.2 Å². The molecule has 1 heterocycles. The van der Waals surface area contributed by atoms with E-state index in [1.54, 1.807) is 23.5 Å². The lowest BCUT2D eigenvalue weighted by Gasteiger charge is -2.21. The predicted octanol–water partition coefficient (Wildman–Crippen LogP) is 3.41. The van der Waals surface area contributed by atoms with Gasteiger partial charge in [0.15, 0.2) is 0 Å². The van der Waals surface area contributed by atoms with Crippen LogP contribution >= 0.6 is 0 Å². The van der Waals surface area contributed by atoms with Crippen LogP contribution in [-0.4, -0.2) is 32.9 Å². The third kappa shape index (κ3) is 2.71. The average Bonchev–Trinajstić information content (AvgIpc) is 2.83. The van der Waals surface area contributed by atoms with Crippen molar-refractivity contribution in [2.75, 3.05) is 20.2 Å². The van der Waals surface area contributed by atoms with E-state index in [0.717, 1.165) is 36.5 Å². The molecule has 1 aliphatic rings. The van der Waals surface area contributed by atoms with E-state index in [0.29, 0.717) is 23.7 Å². The Labute approximate surface area is 131 Å². The minimum Gasteiger partial charge on any atom is -0.496 e. The molecule has 4 nitrogen and oxygen atoms in total. The molecule has 0 bridgehead atoms. The molecule has 5 heteroatoms. The van der Waals surface area contributed by atoms with Crippen LogP contribution in [0.25, 0.3) is 10.8 Å². The summed E-state index contributed by atoms with van der Waals surface area (Å²) in [5.74, 6) is 0.699. The molecule has 3 rings (SSSR count). The fraction of sp³-hybridized carbons (Fsp3) is 0.412. The Morgan fingerprint density at radius 1 is 0.909 bits per heavy atom. The van der Waals surface area contributed by atoms with Crippen LogP contribution in [0, 0.1) is 0 Å². The van der Waals surface area contributed by atoms with E-state index in [1.807, 2.05) is 24.3 Å². The zero-order valence-corrected chi connectivity index (χ0v) is 13.6. The van der Waals surface area contributed by atoms with Crippen LogP contribution in [0.15, 0.2) is 41.3 Å². The van der Waals surface area contributed by atoms with E-state index in [-0.39, 0.29) is 0 Å². The molecule has 0 aliphatic carbocycles. The second-order valence-corrected chi connectivity index (χ2v) is 7.54. The van der Waals surface area contributed by atoms with E-state index in [4.69, 9.17) is 4.74 Å². The summed E-state index contributed by atoms with van der Waals surface area (Å²) in [5.41, 5.74) is 0. The number of methoxy groups -OCH3 is 1. The van der Waals surface area contributed by atoms with Crippen molar-refractivity contribution >= 4 is 20.8 Å². The Kier molecular flexibility index (Phi) is 4.36. The van der Waals surface area contributed by atoms with Crippen molar-refractivity contribution in [2.24, 2.45) is 0 Å². The molecule has 118 valence electrons. The van der Waals surface area contributed by atoms with E-state index >= 15 is 0 Å². The van der Waals surface area contributed by atoms with Gasteiger partial charge in [-0.3, -0.25) is 0 Å².